The van der Waals surface area contributed by atoms with E-state index in [2.05, 4.69) is 27.3 Å². The molecule has 0 aliphatic carbocycles. The normalized spacial score (nSPS) is 10.2. The minimum absolute atomic E-state index is 0.243. The first-order valence-electron chi connectivity index (χ1n) is 8.32. The van der Waals surface area contributed by atoms with Crippen molar-refractivity contribution >= 4 is 17.3 Å². The number of ether oxygens (including phenoxy) is 1. The van der Waals surface area contributed by atoms with Crippen molar-refractivity contribution in [1.29, 1.82) is 0 Å². The molecule has 1 N–H and O–H groups in total. The lowest BCUT2D eigenvalue weighted by atomic mass is 10.2. The molecule has 0 unspecified atom stereocenters. The van der Waals surface area contributed by atoms with Gasteiger partial charge in [0.15, 0.2) is 0 Å². The van der Waals surface area contributed by atoms with Crippen molar-refractivity contribution in [2.75, 3.05) is 24.4 Å². The van der Waals surface area contributed by atoms with Crippen molar-refractivity contribution < 1.29 is 9.53 Å². The second kappa shape index (κ2) is 8.16. The van der Waals surface area contributed by atoms with Crippen LogP contribution in [0, 0.1) is 0 Å². The van der Waals surface area contributed by atoms with Crippen LogP contribution in [0.25, 0.3) is 0 Å². The Morgan fingerprint density at radius 2 is 1.77 bits per heavy atom. The molecule has 0 spiro atoms. The number of carbonyl (C=O) groups excluding carboxylic acids is 1. The zero-order chi connectivity index (χ0) is 18.4. The average molecular weight is 347 g/mol. The number of anilines is 2. The van der Waals surface area contributed by atoms with Crippen LogP contribution in [-0.2, 0) is 6.54 Å². The zero-order valence-corrected chi connectivity index (χ0v) is 14.8. The molecule has 1 amide bonds. The maximum absolute atomic E-state index is 12.3. The molecule has 2 aromatic carbocycles. The van der Waals surface area contributed by atoms with Gasteiger partial charge < -0.3 is 15.0 Å². The summed E-state index contributed by atoms with van der Waals surface area (Å²) in [7, 11) is 3.61. The fourth-order valence-electron chi connectivity index (χ4n) is 2.56. The van der Waals surface area contributed by atoms with Gasteiger partial charge >= 0.3 is 0 Å². The molecule has 0 atom stereocenters. The molecule has 1 heterocycles. The number of aromatic nitrogens is 1. The van der Waals surface area contributed by atoms with Crippen LogP contribution in [0.15, 0.2) is 72.9 Å². The second-order valence-corrected chi connectivity index (χ2v) is 5.93. The number of hydrogen-bond donors (Lipinski definition) is 1. The number of amides is 1. The lowest BCUT2D eigenvalue weighted by Crippen LogP contribution is -2.18. The van der Waals surface area contributed by atoms with Gasteiger partial charge in [-0.3, -0.25) is 4.79 Å². The Hall–Kier alpha value is -3.34. The topological polar surface area (TPSA) is 54.5 Å². The van der Waals surface area contributed by atoms with Gasteiger partial charge in [0.05, 0.1) is 19.0 Å². The SMILES string of the molecule is COc1ccc(NC(=O)c2ccc(N(C)Cc3ccccc3)cn2)cc1. The van der Waals surface area contributed by atoms with E-state index < -0.39 is 0 Å². The van der Waals surface area contributed by atoms with E-state index in [0.29, 0.717) is 11.4 Å². The van der Waals surface area contributed by atoms with E-state index in [-0.39, 0.29) is 5.91 Å². The van der Waals surface area contributed by atoms with Crippen molar-refractivity contribution in [2.24, 2.45) is 0 Å². The molecule has 1 aromatic heterocycles. The smallest absolute Gasteiger partial charge is 0.274 e. The Morgan fingerprint density at radius 3 is 2.38 bits per heavy atom. The Morgan fingerprint density at radius 1 is 1.04 bits per heavy atom. The van der Waals surface area contributed by atoms with Crippen molar-refractivity contribution in [3.63, 3.8) is 0 Å². The van der Waals surface area contributed by atoms with Crippen LogP contribution < -0.4 is 15.0 Å². The predicted molar refractivity (Wildman–Crippen MR) is 104 cm³/mol. The van der Waals surface area contributed by atoms with Crippen molar-refractivity contribution in [1.82, 2.24) is 4.98 Å². The van der Waals surface area contributed by atoms with Gasteiger partial charge in [-0.1, -0.05) is 30.3 Å². The summed E-state index contributed by atoms with van der Waals surface area (Å²) in [6.07, 6.45) is 1.71. The maximum Gasteiger partial charge on any atom is 0.274 e. The summed E-state index contributed by atoms with van der Waals surface area (Å²) in [4.78, 5) is 18.7. The molecule has 3 aromatic rings. The lowest BCUT2D eigenvalue weighted by Gasteiger charge is -2.19. The van der Waals surface area contributed by atoms with Gasteiger partial charge in [-0.2, -0.15) is 0 Å². The monoisotopic (exact) mass is 347 g/mol. The van der Waals surface area contributed by atoms with Gasteiger partial charge in [0.2, 0.25) is 0 Å². The maximum atomic E-state index is 12.3. The Bertz CT molecular complexity index is 847. The highest BCUT2D eigenvalue weighted by atomic mass is 16.5. The van der Waals surface area contributed by atoms with Gasteiger partial charge in [-0.05, 0) is 42.0 Å². The second-order valence-electron chi connectivity index (χ2n) is 5.93. The number of hydrogen-bond acceptors (Lipinski definition) is 4. The van der Waals surface area contributed by atoms with E-state index >= 15 is 0 Å². The largest absolute Gasteiger partial charge is 0.497 e. The van der Waals surface area contributed by atoms with E-state index in [1.54, 1.807) is 43.6 Å². The van der Waals surface area contributed by atoms with E-state index in [0.717, 1.165) is 18.0 Å². The molecule has 0 fully saturated rings. The summed E-state index contributed by atoms with van der Waals surface area (Å²) in [5.74, 6) is 0.499. The molecule has 0 bridgehead atoms. The highest BCUT2D eigenvalue weighted by molar-refractivity contribution is 6.02. The van der Waals surface area contributed by atoms with Crippen LogP contribution in [0.4, 0.5) is 11.4 Å². The molecule has 0 aliphatic rings. The highest BCUT2D eigenvalue weighted by Gasteiger charge is 2.09. The van der Waals surface area contributed by atoms with Gasteiger partial charge in [-0.15, -0.1) is 0 Å². The number of methoxy groups -OCH3 is 1. The Balaban J connectivity index is 1.63. The van der Waals surface area contributed by atoms with Crippen LogP contribution in [-0.4, -0.2) is 25.0 Å². The zero-order valence-electron chi connectivity index (χ0n) is 14.8. The number of carbonyl (C=O) groups is 1. The average Bonchev–Trinajstić information content (AvgIpc) is 2.69. The number of rotatable bonds is 6. The van der Waals surface area contributed by atoms with E-state index in [1.807, 2.05) is 31.3 Å². The van der Waals surface area contributed by atoms with Gasteiger partial charge in [-0.25, -0.2) is 4.98 Å². The summed E-state index contributed by atoms with van der Waals surface area (Å²) in [5.41, 5.74) is 3.24. The number of nitrogens with one attached hydrogen (secondary N) is 1. The molecular weight excluding hydrogens is 326 g/mol. The first-order valence-corrected chi connectivity index (χ1v) is 8.32. The van der Waals surface area contributed by atoms with E-state index in [9.17, 15) is 4.79 Å². The van der Waals surface area contributed by atoms with Crippen molar-refractivity contribution in [2.45, 2.75) is 6.54 Å². The summed E-state index contributed by atoms with van der Waals surface area (Å²) < 4.78 is 5.11. The van der Waals surface area contributed by atoms with Crippen LogP contribution in [0.3, 0.4) is 0 Å². The molecule has 5 heteroatoms. The molecule has 0 saturated carbocycles. The first kappa shape index (κ1) is 17.5. The minimum atomic E-state index is -0.243. The first-order chi connectivity index (χ1) is 12.7. The molecule has 0 aliphatic heterocycles. The minimum Gasteiger partial charge on any atom is -0.497 e. The molecule has 132 valence electrons. The third kappa shape index (κ3) is 4.39. The number of nitrogens with zero attached hydrogens (tertiary/aromatic N) is 2. The van der Waals surface area contributed by atoms with Gasteiger partial charge in [0.25, 0.3) is 5.91 Å². The molecule has 26 heavy (non-hydrogen) atoms. The van der Waals surface area contributed by atoms with Crippen molar-refractivity contribution in [3.05, 3.63) is 84.2 Å². The Kier molecular flexibility index (Phi) is 5.49. The van der Waals surface area contributed by atoms with E-state index in [1.165, 1.54) is 5.56 Å². The predicted octanol–water partition coefficient (Wildman–Crippen LogP) is 3.98. The van der Waals surface area contributed by atoms with E-state index in [4.69, 9.17) is 4.74 Å². The third-order valence-electron chi connectivity index (χ3n) is 4.03. The van der Waals surface area contributed by atoms with Crippen LogP contribution in [0.1, 0.15) is 16.1 Å². The van der Waals surface area contributed by atoms with Crippen LogP contribution in [0.2, 0.25) is 0 Å². The molecular formula is C21H21N3O2. The summed E-state index contributed by atoms with van der Waals surface area (Å²) in [6.45, 7) is 0.778. The standard InChI is InChI=1S/C21H21N3O2/c1-24(15-16-6-4-3-5-7-16)18-10-13-20(22-14-18)21(25)23-17-8-11-19(26-2)12-9-17/h3-14H,15H2,1-2H3,(H,23,25). The van der Waals surface area contributed by atoms with Gasteiger partial charge in [0, 0.05) is 19.3 Å². The van der Waals surface area contributed by atoms with Crippen LogP contribution >= 0.6 is 0 Å². The summed E-state index contributed by atoms with van der Waals surface area (Å²) in [5, 5.41) is 2.83. The fourth-order valence-corrected chi connectivity index (χ4v) is 2.56. The van der Waals surface area contributed by atoms with Crippen LogP contribution in [0.5, 0.6) is 5.75 Å². The fraction of sp³-hybridized carbons (Fsp3) is 0.143. The number of pyridine rings is 1. The summed E-state index contributed by atoms with van der Waals surface area (Å²) >= 11 is 0. The third-order valence-corrected chi connectivity index (χ3v) is 4.03. The quantitative estimate of drug-likeness (QED) is 0.733. The molecule has 5 nitrogen and oxygen atoms in total. The molecule has 0 radical (unpaired) electrons. The van der Waals surface area contributed by atoms with Crippen molar-refractivity contribution in [3.8, 4) is 5.75 Å². The summed E-state index contributed by atoms with van der Waals surface area (Å²) in [6, 6.07) is 21.0. The number of benzene rings is 2. The molecule has 0 saturated heterocycles. The molecule has 3 rings (SSSR count). The Labute approximate surface area is 153 Å². The highest BCUT2D eigenvalue weighted by Crippen LogP contribution is 2.17. The lowest BCUT2D eigenvalue weighted by molar-refractivity contribution is 0.102. The van der Waals surface area contributed by atoms with Gasteiger partial charge in [0.1, 0.15) is 11.4 Å².